The van der Waals surface area contributed by atoms with Gasteiger partial charge in [0, 0.05) is 25.1 Å². The van der Waals surface area contributed by atoms with Gasteiger partial charge in [0.25, 0.3) is 5.91 Å². The molecule has 3 N–H and O–H groups in total. The number of morpholine rings is 1. The van der Waals surface area contributed by atoms with E-state index >= 15 is 0 Å². The van der Waals surface area contributed by atoms with Gasteiger partial charge in [-0.15, -0.1) is 0 Å². The molecular weight excluding hydrogens is 396 g/mol. The first-order valence-electron chi connectivity index (χ1n) is 11.5. The van der Waals surface area contributed by atoms with Gasteiger partial charge in [-0.2, -0.15) is 0 Å². The first-order chi connectivity index (χ1) is 15.1. The number of nitrogens with one attached hydrogen (secondary N) is 3. The van der Waals surface area contributed by atoms with E-state index < -0.39 is 5.54 Å². The number of carbonyl (C=O) groups is 3. The van der Waals surface area contributed by atoms with Crippen LogP contribution in [0.25, 0.3) is 0 Å². The minimum absolute atomic E-state index is 0.0591. The Morgan fingerprint density at radius 2 is 1.84 bits per heavy atom. The molecule has 2 heterocycles. The molecule has 3 fully saturated rings. The second-order valence-electron chi connectivity index (χ2n) is 8.86. The van der Waals surface area contributed by atoms with Gasteiger partial charge >= 0.3 is 6.03 Å². The number of quaternary nitrogens is 1. The number of hydrogen-bond acceptors (Lipinski definition) is 4. The molecule has 0 unspecified atom stereocenters. The van der Waals surface area contributed by atoms with Gasteiger partial charge in [0.1, 0.15) is 25.2 Å². The molecule has 8 nitrogen and oxygen atoms in total. The molecule has 0 aromatic heterocycles. The molecule has 1 aliphatic carbocycles. The summed E-state index contributed by atoms with van der Waals surface area (Å²) in [5.41, 5.74) is 1.71. The van der Waals surface area contributed by atoms with Crippen molar-refractivity contribution < 1.29 is 24.0 Å². The quantitative estimate of drug-likeness (QED) is 0.521. The van der Waals surface area contributed by atoms with Crippen LogP contribution in [0.1, 0.15) is 49.7 Å². The van der Waals surface area contributed by atoms with Crippen LogP contribution in [0.4, 0.5) is 4.79 Å². The molecule has 168 valence electrons. The lowest BCUT2D eigenvalue weighted by molar-refractivity contribution is -0.921. The van der Waals surface area contributed by atoms with E-state index in [9.17, 15) is 14.4 Å². The summed E-state index contributed by atoms with van der Waals surface area (Å²) < 4.78 is 5.43. The van der Waals surface area contributed by atoms with Crippen LogP contribution in [0, 0.1) is 0 Å². The summed E-state index contributed by atoms with van der Waals surface area (Å²) in [4.78, 5) is 40.0. The second kappa shape index (κ2) is 9.78. The molecule has 1 aromatic carbocycles. The lowest BCUT2D eigenvalue weighted by Gasteiger charge is -2.24. The molecule has 1 saturated carbocycles. The van der Waals surface area contributed by atoms with E-state index in [4.69, 9.17) is 4.74 Å². The van der Waals surface area contributed by atoms with Crippen molar-refractivity contribution in [1.29, 1.82) is 0 Å². The van der Waals surface area contributed by atoms with Crippen molar-refractivity contribution in [3.05, 3.63) is 35.4 Å². The molecule has 1 aromatic rings. The van der Waals surface area contributed by atoms with E-state index in [1.165, 1.54) is 15.4 Å². The van der Waals surface area contributed by atoms with Gasteiger partial charge in [0.05, 0.1) is 13.2 Å². The summed E-state index contributed by atoms with van der Waals surface area (Å²) in [5, 5.41) is 5.88. The number of nitrogens with zero attached hydrogens (tertiary/aromatic N) is 1. The molecule has 0 bridgehead atoms. The zero-order valence-electron chi connectivity index (χ0n) is 18.1. The zero-order valence-corrected chi connectivity index (χ0v) is 18.1. The van der Waals surface area contributed by atoms with Crippen LogP contribution in [0.2, 0.25) is 0 Å². The molecule has 0 atom stereocenters. The lowest BCUT2D eigenvalue weighted by Crippen LogP contribution is -3.12. The van der Waals surface area contributed by atoms with Crippen molar-refractivity contribution in [2.75, 3.05) is 32.8 Å². The number of benzene rings is 1. The van der Waals surface area contributed by atoms with Crippen LogP contribution < -0.4 is 15.5 Å². The maximum atomic E-state index is 12.7. The Labute approximate surface area is 183 Å². The molecule has 31 heavy (non-hydrogen) atoms. The minimum Gasteiger partial charge on any atom is -0.370 e. The first kappa shape index (κ1) is 21.8. The molecule has 0 radical (unpaired) electrons. The average molecular weight is 430 g/mol. The summed E-state index contributed by atoms with van der Waals surface area (Å²) in [6, 6.07) is 7.91. The van der Waals surface area contributed by atoms with Crippen LogP contribution in [-0.2, 0) is 27.4 Å². The van der Waals surface area contributed by atoms with E-state index in [1.54, 1.807) is 0 Å². The predicted molar refractivity (Wildman–Crippen MR) is 114 cm³/mol. The number of urea groups is 1. The van der Waals surface area contributed by atoms with Gasteiger partial charge in [-0.3, -0.25) is 14.5 Å². The standard InChI is InChI=1S/C23H32N4O4/c28-20(8-5-11-27-21(29)23(25-22(27)30)9-3-4-10-23)24-16-18-6-1-2-7-19(18)17-26-12-14-31-15-13-26/h1-2,6-7H,3-5,8-17H2,(H,24,28)(H,25,30)/p+1. The highest BCUT2D eigenvalue weighted by Gasteiger charge is 2.52. The molecule has 4 amide bonds. The van der Waals surface area contributed by atoms with Crippen molar-refractivity contribution in [3.8, 4) is 0 Å². The van der Waals surface area contributed by atoms with Crippen LogP contribution in [0.3, 0.4) is 0 Å². The average Bonchev–Trinajstić information content (AvgIpc) is 3.34. The minimum atomic E-state index is -0.675. The Morgan fingerprint density at radius 1 is 1.13 bits per heavy atom. The number of amides is 4. The fourth-order valence-electron chi connectivity index (χ4n) is 4.89. The topological polar surface area (TPSA) is 92.2 Å². The largest absolute Gasteiger partial charge is 0.370 e. The number of ether oxygens (including phenoxy) is 1. The Hall–Kier alpha value is -2.45. The summed E-state index contributed by atoms with van der Waals surface area (Å²) in [7, 11) is 0. The van der Waals surface area contributed by atoms with Crippen LogP contribution in [0.5, 0.6) is 0 Å². The fraction of sp³-hybridized carbons (Fsp3) is 0.609. The zero-order chi connectivity index (χ0) is 21.7. The highest BCUT2D eigenvalue weighted by atomic mass is 16.5. The highest BCUT2D eigenvalue weighted by molar-refractivity contribution is 6.07. The maximum absolute atomic E-state index is 12.7. The van der Waals surface area contributed by atoms with Crippen molar-refractivity contribution in [1.82, 2.24) is 15.5 Å². The number of imide groups is 1. The lowest BCUT2D eigenvalue weighted by atomic mass is 9.98. The Kier molecular flexibility index (Phi) is 6.87. The maximum Gasteiger partial charge on any atom is 0.325 e. The van der Waals surface area contributed by atoms with E-state index in [1.807, 2.05) is 12.1 Å². The second-order valence-corrected chi connectivity index (χ2v) is 8.86. The van der Waals surface area contributed by atoms with Crippen molar-refractivity contribution in [2.24, 2.45) is 0 Å². The predicted octanol–water partition coefficient (Wildman–Crippen LogP) is 0.363. The number of rotatable bonds is 8. The first-order valence-corrected chi connectivity index (χ1v) is 11.5. The van der Waals surface area contributed by atoms with E-state index in [2.05, 4.69) is 22.8 Å². The highest BCUT2D eigenvalue weighted by Crippen LogP contribution is 2.35. The summed E-state index contributed by atoms with van der Waals surface area (Å²) in [6.07, 6.45) is 4.15. The van der Waals surface area contributed by atoms with Gasteiger partial charge in [-0.05, 0) is 24.8 Å². The summed E-state index contributed by atoms with van der Waals surface area (Å²) >= 11 is 0. The third-order valence-corrected chi connectivity index (χ3v) is 6.72. The normalized spacial score (nSPS) is 21.0. The van der Waals surface area contributed by atoms with Crippen molar-refractivity contribution in [2.45, 2.75) is 57.2 Å². The van der Waals surface area contributed by atoms with Gasteiger partial charge in [0.15, 0.2) is 0 Å². The van der Waals surface area contributed by atoms with E-state index in [0.29, 0.717) is 19.4 Å². The monoisotopic (exact) mass is 429 g/mol. The summed E-state index contributed by atoms with van der Waals surface area (Å²) in [5.74, 6) is -0.175. The molecule has 4 rings (SSSR count). The molecule has 2 saturated heterocycles. The molecule has 1 spiro atoms. The van der Waals surface area contributed by atoms with Crippen molar-refractivity contribution >= 4 is 17.8 Å². The smallest absolute Gasteiger partial charge is 0.325 e. The van der Waals surface area contributed by atoms with Crippen LogP contribution >= 0.6 is 0 Å². The van der Waals surface area contributed by atoms with Gasteiger partial charge in [-0.1, -0.05) is 37.1 Å². The number of hydrogen-bond donors (Lipinski definition) is 3. The molecule has 2 aliphatic heterocycles. The van der Waals surface area contributed by atoms with Crippen LogP contribution in [-0.4, -0.2) is 61.1 Å². The molecule has 8 heteroatoms. The Bertz CT molecular complexity index is 816. The van der Waals surface area contributed by atoms with Gasteiger partial charge in [0.2, 0.25) is 5.91 Å². The SMILES string of the molecule is O=C(CCCN1C(=O)NC2(CCCC2)C1=O)NCc1ccccc1C[NH+]1CCOCC1. The van der Waals surface area contributed by atoms with E-state index in [0.717, 1.165) is 64.1 Å². The summed E-state index contributed by atoms with van der Waals surface area (Å²) in [6.45, 7) is 5.32. The number of carbonyl (C=O) groups excluding carboxylic acids is 3. The van der Waals surface area contributed by atoms with Gasteiger partial charge < -0.3 is 20.3 Å². The Balaban J connectivity index is 1.22. The molecule has 3 aliphatic rings. The molecular formula is C23H33N4O4+. The van der Waals surface area contributed by atoms with Gasteiger partial charge in [-0.25, -0.2) is 4.79 Å². The Morgan fingerprint density at radius 3 is 2.58 bits per heavy atom. The van der Waals surface area contributed by atoms with E-state index in [-0.39, 0.29) is 24.4 Å². The van der Waals surface area contributed by atoms with Crippen LogP contribution in [0.15, 0.2) is 24.3 Å². The van der Waals surface area contributed by atoms with Crippen molar-refractivity contribution in [3.63, 3.8) is 0 Å². The third-order valence-electron chi connectivity index (χ3n) is 6.72. The third kappa shape index (κ3) is 5.07. The fourth-order valence-corrected chi connectivity index (χ4v) is 4.89.